The molecule has 2 amide bonds. The maximum atomic E-state index is 13.7. The van der Waals surface area contributed by atoms with E-state index in [1.807, 2.05) is 41.3 Å². The van der Waals surface area contributed by atoms with Gasteiger partial charge in [-0.25, -0.2) is 4.79 Å². The molecule has 0 saturated carbocycles. The highest BCUT2D eigenvalue weighted by molar-refractivity contribution is 6.42. The van der Waals surface area contributed by atoms with Gasteiger partial charge in [0, 0.05) is 19.2 Å². The van der Waals surface area contributed by atoms with Gasteiger partial charge < -0.3 is 25.0 Å². The third kappa shape index (κ3) is 8.09. The van der Waals surface area contributed by atoms with Gasteiger partial charge in [0.2, 0.25) is 0 Å². The summed E-state index contributed by atoms with van der Waals surface area (Å²) >= 11 is 12.8. The maximum Gasteiger partial charge on any atom is 0.318 e. The number of carbonyl (C=O) groups is 1. The summed E-state index contributed by atoms with van der Waals surface area (Å²) in [5, 5.41) is 13.5. The number of rotatable bonds is 11. The number of likely N-dealkylation sites (tertiary alicyclic amines) is 1. The molecule has 35 heavy (non-hydrogen) atoms. The summed E-state index contributed by atoms with van der Waals surface area (Å²) < 4.78 is 5.90. The smallest absolute Gasteiger partial charge is 0.318 e. The maximum absolute atomic E-state index is 13.7. The van der Waals surface area contributed by atoms with Crippen LogP contribution in [0.15, 0.2) is 42.5 Å². The summed E-state index contributed by atoms with van der Waals surface area (Å²) in [5.41, 5.74) is 2.62. The van der Waals surface area contributed by atoms with Crippen LogP contribution < -0.4 is 5.32 Å². The lowest BCUT2D eigenvalue weighted by Gasteiger charge is -2.38. The molecule has 0 bridgehead atoms. The van der Waals surface area contributed by atoms with Crippen LogP contribution in [0.1, 0.15) is 55.3 Å². The van der Waals surface area contributed by atoms with Gasteiger partial charge in [0.25, 0.3) is 0 Å². The number of aliphatic hydroxyl groups is 1. The van der Waals surface area contributed by atoms with Crippen molar-refractivity contribution in [3.8, 4) is 0 Å². The van der Waals surface area contributed by atoms with Crippen LogP contribution in [0, 0.1) is 0 Å². The van der Waals surface area contributed by atoms with Crippen molar-refractivity contribution in [1.82, 2.24) is 15.1 Å². The molecule has 0 aliphatic carbocycles. The molecule has 0 spiro atoms. The first-order valence-electron chi connectivity index (χ1n) is 12.4. The molecule has 1 aliphatic rings. The fourth-order valence-electron chi connectivity index (χ4n) is 4.30. The third-order valence-corrected chi connectivity index (χ3v) is 7.36. The molecule has 1 saturated heterocycles. The second kappa shape index (κ2) is 14.0. The van der Waals surface area contributed by atoms with Gasteiger partial charge in [-0.05, 0) is 62.2 Å². The van der Waals surface area contributed by atoms with E-state index < -0.39 is 6.04 Å². The second-order valence-corrected chi connectivity index (χ2v) is 10.00. The number of carbonyl (C=O) groups excluding carboxylic acids is 1. The number of urea groups is 1. The molecule has 1 aliphatic heterocycles. The molecule has 2 N–H and O–H groups in total. The predicted octanol–water partition coefficient (Wildman–Crippen LogP) is 5.65. The van der Waals surface area contributed by atoms with Gasteiger partial charge in [-0.1, -0.05) is 72.9 Å². The Balaban J connectivity index is 1.82. The summed E-state index contributed by atoms with van der Waals surface area (Å²) in [6.45, 7) is 5.43. The number of amides is 2. The van der Waals surface area contributed by atoms with E-state index in [1.54, 1.807) is 6.07 Å². The molecule has 8 heteroatoms. The minimum atomic E-state index is -0.420. The van der Waals surface area contributed by atoms with Gasteiger partial charge in [0.15, 0.2) is 0 Å². The summed E-state index contributed by atoms with van der Waals surface area (Å²) in [7, 11) is 2.11. The van der Waals surface area contributed by atoms with Crippen molar-refractivity contribution in [1.29, 1.82) is 0 Å². The molecule has 1 unspecified atom stereocenters. The van der Waals surface area contributed by atoms with Gasteiger partial charge in [0.05, 0.1) is 29.3 Å². The van der Waals surface area contributed by atoms with Crippen molar-refractivity contribution in [3.05, 3.63) is 69.2 Å². The molecule has 192 valence electrons. The molecule has 1 fully saturated rings. The van der Waals surface area contributed by atoms with E-state index in [2.05, 4.69) is 24.2 Å². The Bertz CT molecular complexity index is 934. The largest absolute Gasteiger partial charge is 0.392 e. The van der Waals surface area contributed by atoms with Crippen molar-refractivity contribution in [2.24, 2.45) is 0 Å². The zero-order valence-electron chi connectivity index (χ0n) is 20.7. The molecule has 0 aromatic heterocycles. The zero-order valence-corrected chi connectivity index (χ0v) is 22.2. The highest BCUT2D eigenvalue weighted by atomic mass is 35.5. The molecule has 6 nitrogen and oxygen atoms in total. The third-order valence-electron chi connectivity index (χ3n) is 6.53. The van der Waals surface area contributed by atoms with E-state index >= 15 is 0 Å². The number of nitrogens with one attached hydrogen (secondary N) is 1. The number of ether oxygens (including phenoxy) is 1. The Morgan fingerprint density at radius 1 is 1.17 bits per heavy atom. The molecule has 1 atom stereocenters. The minimum Gasteiger partial charge on any atom is -0.392 e. The van der Waals surface area contributed by atoms with Crippen molar-refractivity contribution in [2.75, 3.05) is 33.4 Å². The Labute approximate surface area is 219 Å². The Kier molecular flexibility index (Phi) is 11.1. The van der Waals surface area contributed by atoms with Crippen LogP contribution in [0.4, 0.5) is 4.79 Å². The summed E-state index contributed by atoms with van der Waals surface area (Å²) in [6, 6.07) is 12.8. The van der Waals surface area contributed by atoms with Gasteiger partial charge in [-0.3, -0.25) is 0 Å². The lowest BCUT2D eigenvalue weighted by Crippen LogP contribution is -2.50. The van der Waals surface area contributed by atoms with E-state index in [0.717, 1.165) is 55.5 Å². The van der Waals surface area contributed by atoms with E-state index in [9.17, 15) is 9.90 Å². The summed E-state index contributed by atoms with van der Waals surface area (Å²) in [5.74, 6) is 0. The Hall–Kier alpha value is -1.83. The lowest BCUT2D eigenvalue weighted by molar-refractivity contribution is 0.0977. The van der Waals surface area contributed by atoms with Gasteiger partial charge in [-0.2, -0.15) is 0 Å². The number of hydrogen-bond acceptors (Lipinski definition) is 4. The van der Waals surface area contributed by atoms with Crippen LogP contribution >= 0.6 is 23.2 Å². The van der Waals surface area contributed by atoms with Crippen LogP contribution in [-0.4, -0.2) is 60.3 Å². The summed E-state index contributed by atoms with van der Waals surface area (Å²) in [6.07, 6.45) is 3.81. The first-order valence-corrected chi connectivity index (χ1v) is 13.1. The number of piperidine rings is 1. The first kappa shape index (κ1) is 27.8. The van der Waals surface area contributed by atoms with Crippen LogP contribution in [-0.2, 0) is 17.9 Å². The van der Waals surface area contributed by atoms with Crippen LogP contribution in [0.5, 0.6) is 0 Å². The highest BCUT2D eigenvalue weighted by Crippen LogP contribution is 2.31. The molecular formula is C27H37Cl2N3O3. The van der Waals surface area contributed by atoms with Gasteiger partial charge in [0.1, 0.15) is 0 Å². The average Bonchev–Trinajstić information content (AvgIpc) is 2.87. The highest BCUT2D eigenvalue weighted by Gasteiger charge is 2.29. The first-order chi connectivity index (χ1) is 16.9. The lowest BCUT2D eigenvalue weighted by atomic mass is 10.0. The van der Waals surface area contributed by atoms with Crippen molar-refractivity contribution in [3.63, 3.8) is 0 Å². The van der Waals surface area contributed by atoms with Crippen molar-refractivity contribution < 1.29 is 14.6 Å². The van der Waals surface area contributed by atoms with E-state index in [4.69, 9.17) is 27.9 Å². The monoisotopic (exact) mass is 521 g/mol. The molecule has 2 aromatic rings. The Morgan fingerprint density at radius 2 is 1.86 bits per heavy atom. The fourth-order valence-corrected chi connectivity index (χ4v) is 4.74. The van der Waals surface area contributed by atoms with E-state index in [-0.39, 0.29) is 18.7 Å². The molecule has 0 radical (unpaired) electrons. The Morgan fingerprint density at radius 3 is 2.51 bits per heavy atom. The van der Waals surface area contributed by atoms with Gasteiger partial charge >= 0.3 is 6.03 Å². The number of hydrogen-bond donors (Lipinski definition) is 2. The second-order valence-electron chi connectivity index (χ2n) is 9.21. The standard InChI is InChI=1S/C27H37Cl2N3O3/c1-3-4-16-35-19-25(23-6-5-7-24(28)26(23)29)30-27(34)32(22-12-14-31(2)15-13-22)17-20-8-10-21(18-33)11-9-20/h5-11,22,25,33H,3-4,12-19H2,1-2H3,(H,30,34). The van der Waals surface area contributed by atoms with Crippen LogP contribution in [0.3, 0.4) is 0 Å². The number of halogens is 2. The molecule has 1 heterocycles. The fraction of sp³-hybridized carbons (Fsp3) is 0.519. The van der Waals surface area contributed by atoms with Crippen LogP contribution in [0.2, 0.25) is 10.0 Å². The number of unbranched alkanes of at least 4 members (excludes halogenated alkanes) is 1. The van der Waals surface area contributed by atoms with Crippen molar-refractivity contribution >= 4 is 29.2 Å². The quantitative estimate of drug-likeness (QED) is 0.375. The van der Waals surface area contributed by atoms with Gasteiger partial charge in [-0.15, -0.1) is 0 Å². The molecule has 3 rings (SSSR count). The normalized spacial score (nSPS) is 15.7. The summed E-state index contributed by atoms with van der Waals surface area (Å²) in [4.78, 5) is 18.0. The van der Waals surface area contributed by atoms with Crippen molar-refractivity contribution in [2.45, 2.75) is 57.8 Å². The SMILES string of the molecule is CCCCOCC(NC(=O)N(Cc1ccc(CO)cc1)C1CCN(C)CC1)c1cccc(Cl)c1Cl. The number of aliphatic hydroxyl groups excluding tert-OH is 1. The zero-order chi connectivity index (χ0) is 25.2. The molecule has 2 aromatic carbocycles. The number of benzene rings is 2. The molecular weight excluding hydrogens is 485 g/mol. The van der Waals surface area contributed by atoms with Crippen LogP contribution in [0.25, 0.3) is 0 Å². The minimum absolute atomic E-state index is 0.000450. The predicted molar refractivity (Wildman–Crippen MR) is 142 cm³/mol. The topological polar surface area (TPSA) is 65.0 Å². The van der Waals surface area contributed by atoms with E-state index in [0.29, 0.717) is 29.8 Å². The van der Waals surface area contributed by atoms with E-state index in [1.165, 1.54) is 0 Å². The number of nitrogens with zero attached hydrogens (tertiary/aromatic N) is 2. The average molecular weight is 523 g/mol.